The predicted molar refractivity (Wildman–Crippen MR) is 80.2 cm³/mol. The lowest BCUT2D eigenvalue weighted by molar-refractivity contribution is 0.626. The fourth-order valence-corrected chi connectivity index (χ4v) is 2.27. The molecular weight excluding hydrogens is 251 g/mol. The van der Waals surface area contributed by atoms with Gasteiger partial charge >= 0.3 is 0 Å². The summed E-state index contributed by atoms with van der Waals surface area (Å²) in [5.41, 5.74) is 1.03. The molecule has 3 heteroatoms. The van der Waals surface area contributed by atoms with E-state index in [1.54, 1.807) is 18.3 Å². The van der Waals surface area contributed by atoms with E-state index < -0.39 is 0 Å². The lowest BCUT2D eigenvalue weighted by Gasteiger charge is -2.16. The molecule has 2 aromatic carbocycles. The number of halogens is 1. The third-order valence-corrected chi connectivity index (χ3v) is 3.40. The van der Waals surface area contributed by atoms with Crippen LogP contribution in [-0.2, 0) is 0 Å². The summed E-state index contributed by atoms with van der Waals surface area (Å²) >= 11 is 0. The summed E-state index contributed by atoms with van der Waals surface area (Å²) in [4.78, 5) is 4.40. The number of aromatic nitrogens is 1. The van der Waals surface area contributed by atoms with Crippen LogP contribution >= 0.6 is 0 Å². The Morgan fingerprint density at radius 2 is 1.75 bits per heavy atom. The van der Waals surface area contributed by atoms with E-state index >= 15 is 0 Å². The summed E-state index contributed by atoms with van der Waals surface area (Å²) in [6, 6.07) is 16.7. The molecule has 1 atom stereocenters. The zero-order chi connectivity index (χ0) is 13.9. The molecule has 0 bridgehead atoms. The number of anilines is 1. The molecule has 20 heavy (non-hydrogen) atoms. The monoisotopic (exact) mass is 266 g/mol. The molecule has 0 amide bonds. The standard InChI is InChI=1S/C17H15FN2/c1-12(13-6-8-15(18)9-7-13)20-17-16-5-3-2-4-14(16)10-11-19-17/h2-12H,1H3,(H,19,20). The third-order valence-electron chi connectivity index (χ3n) is 3.40. The number of hydrogen-bond donors (Lipinski definition) is 1. The SMILES string of the molecule is CC(Nc1nccc2ccccc12)c1ccc(F)cc1. The molecule has 0 spiro atoms. The normalized spacial score (nSPS) is 12.3. The van der Waals surface area contributed by atoms with Gasteiger partial charge in [-0.2, -0.15) is 0 Å². The Kier molecular flexibility index (Phi) is 3.33. The van der Waals surface area contributed by atoms with Crippen LogP contribution in [0.1, 0.15) is 18.5 Å². The molecule has 0 aliphatic heterocycles. The van der Waals surface area contributed by atoms with Crippen molar-refractivity contribution >= 4 is 16.6 Å². The summed E-state index contributed by atoms with van der Waals surface area (Å²) in [7, 11) is 0. The summed E-state index contributed by atoms with van der Waals surface area (Å²) in [6.07, 6.45) is 1.79. The molecule has 1 N–H and O–H groups in total. The first-order chi connectivity index (χ1) is 9.74. The lowest BCUT2D eigenvalue weighted by Crippen LogP contribution is -2.08. The maximum Gasteiger partial charge on any atom is 0.134 e. The van der Waals surface area contributed by atoms with Gasteiger partial charge in [0.05, 0.1) is 0 Å². The van der Waals surface area contributed by atoms with Gasteiger partial charge in [-0.25, -0.2) is 9.37 Å². The summed E-state index contributed by atoms with van der Waals surface area (Å²) < 4.78 is 13.0. The van der Waals surface area contributed by atoms with Crippen molar-refractivity contribution < 1.29 is 4.39 Å². The summed E-state index contributed by atoms with van der Waals surface area (Å²) in [5, 5.41) is 5.62. The van der Waals surface area contributed by atoms with Crippen LogP contribution in [0.15, 0.2) is 60.8 Å². The number of fused-ring (bicyclic) bond motifs is 1. The van der Waals surface area contributed by atoms with Crippen molar-refractivity contribution in [3.63, 3.8) is 0 Å². The van der Waals surface area contributed by atoms with Crippen molar-refractivity contribution in [2.45, 2.75) is 13.0 Å². The lowest BCUT2D eigenvalue weighted by atomic mass is 10.1. The minimum Gasteiger partial charge on any atom is -0.363 e. The minimum atomic E-state index is -0.218. The van der Waals surface area contributed by atoms with Gasteiger partial charge in [0.1, 0.15) is 11.6 Å². The van der Waals surface area contributed by atoms with Gasteiger partial charge < -0.3 is 5.32 Å². The highest BCUT2D eigenvalue weighted by atomic mass is 19.1. The van der Waals surface area contributed by atoms with Crippen LogP contribution in [0.5, 0.6) is 0 Å². The van der Waals surface area contributed by atoms with E-state index in [4.69, 9.17) is 0 Å². The Morgan fingerprint density at radius 1 is 1.00 bits per heavy atom. The Labute approximate surface area is 117 Å². The first kappa shape index (κ1) is 12.6. The molecule has 100 valence electrons. The fraction of sp³-hybridized carbons (Fsp3) is 0.118. The molecular formula is C17H15FN2. The highest BCUT2D eigenvalue weighted by molar-refractivity contribution is 5.91. The molecule has 0 aliphatic carbocycles. The van der Waals surface area contributed by atoms with Crippen LogP contribution in [0, 0.1) is 5.82 Å². The van der Waals surface area contributed by atoms with Crippen molar-refractivity contribution in [3.8, 4) is 0 Å². The van der Waals surface area contributed by atoms with E-state index in [-0.39, 0.29) is 11.9 Å². The second kappa shape index (κ2) is 5.29. The van der Waals surface area contributed by atoms with Crippen LogP contribution in [0.2, 0.25) is 0 Å². The van der Waals surface area contributed by atoms with E-state index in [1.165, 1.54) is 12.1 Å². The van der Waals surface area contributed by atoms with Gasteiger partial charge in [-0.05, 0) is 36.1 Å². The largest absolute Gasteiger partial charge is 0.363 e. The van der Waals surface area contributed by atoms with Gasteiger partial charge in [-0.1, -0.05) is 36.4 Å². The van der Waals surface area contributed by atoms with Gasteiger partial charge in [-0.3, -0.25) is 0 Å². The Morgan fingerprint density at radius 3 is 2.55 bits per heavy atom. The third kappa shape index (κ3) is 2.48. The zero-order valence-corrected chi connectivity index (χ0v) is 11.2. The molecule has 1 aromatic heterocycles. The van der Waals surface area contributed by atoms with Gasteiger partial charge in [0, 0.05) is 17.6 Å². The highest BCUT2D eigenvalue weighted by Crippen LogP contribution is 2.24. The topological polar surface area (TPSA) is 24.9 Å². The average Bonchev–Trinajstić information content (AvgIpc) is 2.48. The van der Waals surface area contributed by atoms with Crippen molar-refractivity contribution in [3.05, 3.63) is 72.2 Å². The van der Waals surface area contributed by atoms with E-state index in [2.05, 4.69) is 16.4 Å². The molecule has 3 rings (SSSR count). The quantitative estimate of drug-likeness (QED) is 0.752. The summed E-state index contributed by atoms with van der Waals surface area (Å²) in [5.74, 6) is 0.629. The van der Waals surface area contributed by atoms with E-state index in [0.29, 0.717) is 0 Å². The van der Waals surface area contributed by atoms with Gasteiger partial charge in [0.25, 0.3) is 0 Å². The van der Waals surface area contributed by atoms with Gasteiger partial charge in [0.15, 0.2) is 0 Å². The first-order valence-corrected chi connectivity index (χ1v) is 6.60. The van der Waals surface area contributed by atoms with Gasteiger partial charge in [-0.15, -0.1) is 0 Å². The Bertz CT molecular complexity index is 717. The summed E-state index contributed by atoms with van der Waals surface area (Å²) in [6.45, 7) is 2.04. The average molecular weight is 266 g/mol. The minimum absolute atomic E-state index is 0.0638. The molecule has 2 nitrogen and oxygen atoms in total. The van der Waals surface area contributed by atoms with Crippen LogP contribution in [-0.4, -0.2) is 4.98 Å². The van der Waals surface area contributed by atoms with Crippen LogP contribution in [0.25, 0.3) is 10.8 Å². The predicted octanol–water partition coefficient (Wildman–Crippen LogP) is 4.55. The maximum absolute atomic E-state index is 13.0. The van der Waals surface area contributed by atoms with Crippen LogP contribution < -0.4 is 5.32 Å². The second-order valence-corrected chi connectivity index (χ2v) is 4.80. The molecule has 1 unspecified atom stereocenters. The molecule has 3 aromatic rings. The number of pyridine rings is 1. The van der Waals surface area contributed by atoms with E-state index in [1.807, 2.05) is 31.2 Å². The van der Waals surface area contributed by atoms with E-state index in [0.717, 1.165) is 22.2 Å². The van der Waals surface area contributed by atoms with Crippen LogP contribution in [0.3, 0.4) is 0 Å². The van der Waals surface area contributed by atoms with E-state index in [9.17, 15) is 4.39 Å². The zero-order valence-electron chi connectivity index (χ0n) is 11.2. The molecule has 0 fully saturated rings. The molecule has 0 radical (unpaired) electrons. The number of nitrogens with zero attached hydrogens (tertiary/aromatic N) is 1. The second-order valence-electron chi connectivity index (χ2n) is 4.80. The first-order valence-electron chi connectivity index (χ1n) is 6.60. The number of benzene rings is 2. The number of rotatable bonds is 3. The van der Waals surface area contributed by atoms with Crippen molar-refractivity contribution in [1.82, 2.24) is 4.98 Å². The molecule has 0 aliphatic rings. The molecule has 0 saturated heterocycles. The van der Waals surface area contributed by atoms with Crippen LogP contribution in [0.4, 0.5) is 10.2 Å². The van der Waals surface area contributed by atoms with Crippen molar-refractivity contribution in [2.75, 3.05) is 5.32 Å². The molecule has 0 saturated carbocycles. The number of nitrogens with one attached hydrogen (secondary N) is 1. The van der Waals surface area contributed by atoms with Crippen molar-refractivity contribution in [2.24, 2.45) is 0 Å². The van der Waals surface area contributed by atoms with Crippen molar-refractivity contribution in [1.29, 1.82) is 0 Å². The Hall–Kier alpha value is -2.42. The molecule has 1 heterocycles. The Balaban J connectivity index is 1.91. The van der Waals surface area contributed by atoms with Gasteiger partial charge in [0.2, 0.25) is 0 Å². The fourth-order valence-electron chi connectivity index (χ4n) is 2.27. The highest BCUT2D eigenvalue weighted by Gasteiger charge is 2.08. The maximum atomic E-state index is 13.0. The number of hydrogen-bond acceptors (Lipinski definition) is 2. The smallest absolute Gasteiger partial charge is 0.134 e.